The van der Waals surface area contributed by atoms with Gasteiger partial charge in [-0.3, -0.25) is 9.59 Å². The summed E-state index contributed by atoms with van der Waals surface area (Å²) in [5, 5.41) is 18.9. The van der Waals surface area contributed by atoms with Crippen LogP contribution < -0.4 is 10.5 Å². The molecule has 1 aliphatic carbocycles. The van der Waals surface area contributed by atoms with Crippen molar-refractivity contribution in [2.24, 2.45) is 0 Å². The number of aliphatic hydroxyl groups is 1. The Kier molecular flexibility index (Phi) is 3.30. The molecule has 0 aliphatic heterocycles. The molecule has 0 amide bonds. The lowest BCUT2D eigenvalue weighted by Gasteiger charge is -2.21. The van der Waals surface area contributed by atoms with Gasteiger partial charge in [-0.2, -0.15) is 0 Å². The second-order valence-electron chi connectivity index (χ2n) is 4.83. The number of carbonyl (C=O) groups is 2. The molecule has 2 aromatic rings. The van der Waals surface area contributed by atoms with E-state index >= 15 is 0 Å². The predicted octanol–water partition coefficient (Wildman–Crippen LogP) is 1.12. The van der Waals surface area contributed by atoms with Gasteiger partial charge in [0.25, 0.3) is 0 Å². The van der Waals surface area contributed by atoms with Crippen LogP contribution in [0.15, 0.2) is 30.3 Å². The average molecular weight is 299 g/mol. The average Bonchev–Trinajstić information content (AvgIpc) is 2.53. The Labute approximate surface area is 125 Å². The summed E-state index contributed by atoms with van der Waals surface area (Å²) in [6.07, 6.45) is 0. The van der Waals surface area contributed by atoms with E-state index in [4.69, 9.17) is 15.6 Å². The molecular weight excluding hydrogens is 286 g/mol. The molecule has 0 unspecified atom stereocenters. The highest BCUT2D eigenvalue weighted by Gasteiger charge is 2.35. The van der Waals surface area contributed by atoms with Crippen molar-refractivity contribution in [3.63, 3.8) is 0 Å². The van der Waals surface area contributed by atoms with Crippen LogP contribution in [0.3, 0.4) is 0 Å². The van der Waals surface area contributed by atoms with Gasteiger partial charge in [0, 0.05) is 17.2 Å². The molecule has 0 bridgehead atoms. The van der Waals surface area contributed by atoms with Gasteiger partial charge in [0.15, 0.2) is 11.6 Å². The van der Waals surface area contributed by atoms with Crippen molar-refractivity contribution in [3.05, 3.63) is 52.6 Å². The third-order valence-corrected chi connectivity index (χ3v) is 3.53. The van der Waals surface area contributed by atoms with Crippen LogP contribution in [0, 0.1) is 0 Å². The minimum atomic E-state index is -0.455. The lowest BCUT2D eigenvalue weighted by Crippen LogP contribution is -2.23. The number of benzene rings is 2. The highest BCUT2D eigenvalue weighted by molar-refractivity contribution is 6.31. The van der Waals surface area contributed by atoms with E-state index in [0.717, 1.165) is 0 Å². The summed E-state index contributed by atoms with van der Waals surface area (Å²) in [6, 6.07) is 7.55. The number of phenolic OH excluding ortho intramolecular Hbond substituents is 1. The fraction of sp³-hybridized carbons (Fsp3) is 0.125. The summed E-state index contributed by atoms with van der Waals surface area (Å²) in [5.74, 6) is -1.20. The summed E-state index contributed by atoms with van der Waals surface area (Å²) < 4.78 is 5.21. The maximum absolute atomic E-state index is 12.6. The topological polar surface area (TPSA) is 110 Å². The zero-order valence-electron chi connectivity index (χ0n) is 11.5. The molecule has 6 heteroatoms. The quantitative estimate of drug-likeness (QED) is 0.494. The molecule has 0 saturated heterocycles. The zero-order valence-corrected chi connectivity index (χ0v) is 11.5. The van der Waals surface area contributed by atoms with Crippen LogP contribution in [0.1, 0.15) is 31.8 Å². The van der Waals surface area contributed by atoms with Crippen molar-refractivity contribution in [1.82, 2.24) is 0 Å². The summed E-state index contributed by atoms with van der Waals surface area (Å²) in [4.78, 5) is 25.1. The van der Waals surface area contributed by atoms with Gasteiger partial charge < -0.3 is 20.7 Å². The molecule has 2 aromatic carbocycles. The number of nitrogens with two attached hydrogens (primary N) is 1. The molecule has 0 heterocycles. The normalized spacial score (nSPS) is 12.8. The first-order valence-corrected chi connectivity index (χ1v) is 6.63. The third-order valence-electron chi connectivity index (χ3n) is 3.53. The maximum Gasteiger partial charge on any atom is 0.198 e. The van der Waals surface area contributed by atoms with Gasteiger partial charge in [-0.05, 0) is 0 Å². The van der Waals surface area contributed by atoms with Gasteiger partial charge in [-0.1, -0.05) is 24.3 Å². The predicted molar refractivity (Wildman–Crippen MR) is 78.4 cm³/mol. The third kappa shape index (κ3) is 1.93. The molecule has 1 aliphatic rings. The lowest BCUT2D eigenvalue weighted by atomic mass is 9.82. The SMILES string of the molecule is Nc1c(OCCO)cc(O)c2c1C(=O)c1ccccc1C2=O. The van der Waals surface area contributed by atoms with E-state index in [0.29, 0.717) is 0 Å². The number of carbonyl (C=O) groups excluding carboxylic acids is 2. The van der Waals surface area contributed by atoms with Crippen molar-refractivity contribution in [1.29, 1.82) is 0 Å². The number of hydrogen-bond donors (Lipinski definition) is 3. The van der Waals surface area contributed by atoms with Crippen LogP contribution in [0.5, 0.6) is 11.5 Å². The van der Waals surface area contributed by atoms with Gasteiger partial charge in [-0.25, -0.2) is 0 Å². The van der Waals surface area contributed by atoms with Crippen LogP contribution in [-0.4, -0.2) is 35.0 Å². The number of aliphatic hydroxyl groups excluding tert-OH is 1. The second kappa shape index (κ2) is 5.16. The molecule has 3 rings (SSSR count). The largest absolute Gasteiger partial charge is 0.507 e. The highest BCUT2D eigenvalue weighted by atomic mass is 16.5. The molecule has 6 nitrogen and oxygen atoms in total. The molecular formula is C16H13NO5. The zero-order chi connectivity index (χ0) is 15.9. The molecule has 22 heavy (non-hydrogen) atoms. The second-order valence-corrected chi connectivity index (χ2v) is 4.83. The van der Waals surface area contributed by atoms with E-state index in [1.165, 1.54) is 18.2 Å². The fourth-order valence-corrected chi connectivity index (χ4v) is 2.55. The molecule has 0 saturated carbocycles. The Morgan fingerprint density at radius 1 is 1.05 bits per heavy atom. The van der Waals surface area contributed by atoms with Gasteiger partial charge in [0.2, 0.25) is 0 Å². The summed E-state index contributed by atoms with van der Waals surface area (Å²) in [6.45, 7) is -0.284. The van der Waals surface area contributed by atoms with Crippen molar-refractivity contribution in [2.45, 2.75) is 0 Å². The lowest BCUT2D eigenvalue weighted by molar-refractivity contribution is 0.0977. The van der Waals surface area contributed by atoms with E-state index in [-0.39, 0.29) is 52.7 Å². The first kappa shape index (κ1) is 14.1. The van der Waals surface area contributed by atoms with Crippen LogP contribution in [0.25, 0.3) is 0 Å². The van der Waals surface area contributed by atoms with Crippen LogP contribution in [0.4, 0.5) is 5.69 Å². The molecule has 0 aromatic heterocycles. The number of nitrogen functional groups attached to an aromatic ring is 1. The molecule has 112 valence electrons. The first-order chi connectivity index (χ1) is 10.6. The number of hydrogen-bond acceptors (Lipinski definition) is 6. The number of ether oxygens (including phenoxy) is 1. The summed E-state index contributed by atoms with van der Waals surface area (Å²) in [7, 11) is 0. The smallest absolute Gasteiger partial charge is 0.198 e. The van der Waals surface area contributed by atoms with Crippen LogP contribution in [-0.2, 0) is 0 Å². The molecule has 0 radical (unpaired) electrons. The van der Waals surface area contributed by atoms with E-state index in [1.807, 2.05) is 0 Å². The summed E-state index contributed by atoms with van der Waals surface area (Å²) in [5.41, 5.74) is 6.22. The van der Waals surface area contributed by atoms with Gasteiger partial charge in [0.05, 0.1) is 23.4 Å². The molecule has 4 N–H and O–H groups in total. The van der Waals surface area contributed by atoms with E-state index in [1.54, 1.807) is 12.1 Å². The number of anilines is 1. The van der Waals surface area contributed by atoms with Crippen molar-refractivity contribution in [2.75, 3.05) is 18.9 Å². The monoisotopic (exact) mass is 299 g/mol. The van der Waals surface area contributed by atoms with Crippen LogP contribution in [0.2, 0.25) is 0 Å². The van der Waals surface area contributed by atoms with Crippen molar-refractivity contribution >= 4 is 17.3 Å². The fourth-order valence-electron chi connectivity index (χ4n) is 2.55. The van der Waals surface area contributed by atoms with Crippen molar-refractivity contribution < 1.29 is 24.5 Å². The number of fused-ring (bicyclic) bond motifs is 2. The van der Waals surface area contributed by atoms with Gasteiger partial charge >= 0.3 is 0 Å². The molecule has 0 fully saturated rings. The van der Waals surface area contributed by atoms with E-state index in [2.05, 4.69) is 0 Å². The number of phenols is 1. The maximum atomic E-state index is 12.6. The van der Waals surface area contributed by atoms with Crippen molar-refractivity contribution in [3.8, 4) is 11.5 Å². The van der Waals surface area contributed by atoms with Crippen LogP contribution >= 0.6 is 0 Å². The Morgan fingerprint density at radius 3 is 2.23 bits per heavy atom. The Morgan fingerprint density at radius 2 is 1.64 bits per heavy atom. The van der Waals surface area contributed by atoms with E-state index < -0.39 is 11.6 Å². The first-order valence-electron chi connectivity index (χ1n) is 6.63. The Hall–Kier alpha value is -2.86. The summed E-state index contributed by atoms with van der Waals surface area (Å²) >= 11 is 0. The molecule has 0 atom stereocenters. The standard InChI is InChI=1S/C16H13NO5/c17-14-11(22-6-5-18)7-10(19)12-13(14)16(21)9-4-2-1-3-8(9)15(12)20/h1-4,7,18-19H,5-6,17H2. The van der Waals surface area contributed by atoms with E-state index in [9.17, 15) is 14.7 Å². The highest BCUT2D eigenvalue weighted by Crippen LogP contribution is 2.41. The number of aromatic hydroxyl groups is 1. The number of ketones is 2. The van der Waals surface area contributed by atoms with Gasteiger partial charge in [-0.15, -0.1) is 0 Å². The Balaban J connectivity index is 2.24. The minimum Gasteiger partial charge on any atom is -0.507 e. The number of rotatable bonds is 3. The minimum absolute atomic E-state index is 0.0193. The van der Waals surface area contributed by atoms with Gasteiger partial charge in [0.1, 0.15) is 18.1 Å². The Bertz CT molecular complexity index is 797. The molecule has 0 spiro atoms.